The molecular formula is C15H25N3O. The molecule has 0 bridgehead atoms. The van der Waals surface area contributed by atoms with Gasteiger partial charge in [0, 0.05) is 35.7 Å². The van der Waals surface area contributed by atoms with Gasteiger partial charge < -0.3 is 15.7 Å². The number of nitrogens with zero attached hydrogens (tertiary/aromatic N) is 2. The molecule has 1 aliphatic rings. The van der Waals surface area contributed by atoms with Crippen molar-refractivity contribution >= 4 is 5.69 Å². The zero-order valence-corrected chi connectivity index (χ0v) is 12.0. The van der Waals surface area contributed by atoms with E-state index >= 15 is 0 Å². The molecule has 1 atom stereocenters. The van der Waals surface area contributed by atoms with Crippen LogP contribution < -0.4 is 10.6 Å². The Kier molecular flexibility index (Phi) is 4.77. The Morgan fingerprint density at radius 3 is 2.84 bits per heavy atom. The fraction of sp³-hybridized carbons (Fsp3) is 0.667. The molecule has 2 rings (SSSR count). The zero-order valence-electron chi connectivity index (χ0n) is 12.0. The van der Waals surface area contributed by atoms with Crippen molar-refractivity contribution in [2.24, 2.45) is 5.73 Å². The van der Waals surface area contributed by atoms with Crippen LogP contribution >= 0.6 is 0 Å². The molecule has 1 aromatic rings. The van der Waals surface area contributed by atoms with Gasteiger partial charge in [-0.05, 0) is 32.8 Å². The normalized spacial score (nSPS) is 20.4. The summed E-state index contributed by atoms with van der Waals surface area (Å²) in [5, 5.41) is 9.66. The van der Waals surface area contributed by atoms with Crippen molar-refractivity contribution in [2.45, 2.75) is 52.1 Å². The van der Waals surface area contributed by atoms with Crippen LogP contribution in [0, 0.1) is 13.8 Å². The summed E-state index contributed by atoms with van der Waals surface area (Å²) in [4.78, 5) is 6.85. The second-order valence-electron chi connectivity index (χ2n) is 5.43. The first-order valence-corrected chi connectivity index (χ1v) is 7.22. The maximum absolute atomic E-state index is 9.66. The Hall–Kier alpha value is -1.13. The fourth-order valence-electron chi connectivity index (χ4n) is 3.03. The van der Waals surface area contributed by atoms with Gasteiger partial charge in [-0.15, -0.1) is 0 Å². The highest BCUT2D eigenvalue weighted by molar-refractivity contribution is 5.57. The number of hydrogen-bond acceptors (Lipinski definition) is 4. The quantitative estimate of drug-likeness (QED) is 0.874. The van der Waals surface area contributed by atoms with Gasteiger partial charge in [-0.25, -0.2) is 0 Å². The Morgan fingerprint density at radius 1 is 1.37 bits per heavy atom. The van der Waals surface area contributed by atoms with E-state index in [0.717, 1.165) is 29.9 Å². The lowest BCUT2D eigenvalue weighted by Gasteiger charge is -2.33. The van der Waals surface area contributed by atoms with Crippen LogP contribution in [0.2, 0.25) is 0 Å². The highest BCUT2D eigenvalue weighted by Crippen LogP contribution is 2.29. The van der Waals surface area contributed by atoms with Crippen molar-refractivity contribution in [3.05, 3.63) is 23.0 Å². The molecule has 0 spiro atoms. The van der Waals surface area contributed by atoms with Crippen LogP contribution in [-0.4, -0.2) is 29.3 Å². The monoisotopic (exact) mass is 263 g/mol. The number of anilines is 1. The third-order valence-electron chi connectivity index (χ3n) is 4.04. The number of aromatic nitrogens is 1. The standard InChI is InChI=1S/C15H25N3O/c1-11-8-15(14(9-16)12(2)17-11)18-7-5-3-4-6-13(18)10-19/h8,13,19H,3-7,9-10,16H2,1-2H3. The summed E-state index contributed by atoms with van der Waals surface area (Å²) in [6, 6.07) is 2.33. The zero-order chi connectivity index (χ0) is 13.8. The van der Waals surface area contributed by atoms with Gasteiger partial charge >= 0.3 is 0 Å². The van der Waals surface area contributed by atoms with E-state index in [1.54, 1.807) is 0 Å². The molecule has 0 saturated carbocycles. The van der Waals surface area contributed by atoms with E-state index < -0.39 is 0 Å². The summed E-state index contributed by atoms with van der Waals surface area (Å²) in [7, 11) is 0. The highest BCUT2D eigenvalue weighted by atomic mass is 16.3. The van der Waals surface area contributed by atoms with Gasteiger partial charge in [-0.3, -0.25) is 4.98 Å². The van der Waals surface area contributed by atoms with Gasteiger partial charge in [0.25, 0.3) is 0 Å². The Morgan fingerprint density at radius 2 is 2.16 bits per heavy atom. The topological polar surface area (TPSA) is 62.4 Å². The molecule has 106 valence electrons. The maximum atomic E-state index is 9.66. The molecule has 1 unspecified atom stereocenters. The van der Waals surface area contributed by atoms with Crippen molar-refractivity contribution in [1.29, 1.82) is 0 Å². The van der Waals surface area contributed by atoms with E-state index in [9.17, 15) is 5.11 Å². The average Bonchev–Trinajstić information content (AvgIpc) is 2.62. The van der Waals surface area contributed by atoms with Crippen molar-refractivity contribution in [3.8, 4) is 0 Å². The van der Waals surface area contributed by atoms with Crippen LogP contribution in [0.5, 0.6) is 0 Å². The first kappa shape index (κ1) is 14.3. The molecule has 1 aliphatic heterocycles. The van der Waals surface area contributed by atoms with Crippen LogP contribution in [0.1, 0.15) is 42.6 Å². The van der Waals surface area contributed by atoms with E-state index in [1.165, 1.54) is 24.9 Å². The predicted molar refractivity (Wildman–Crippen MR) is 78.3 cm³/mol. The Labute approximate surface area is 115 Å². The van der Waals surface area contributed by atoms with Gasteiger partial charge in [0.15, 0.2) is 0 Å². The second-order valence-corrected chi connectivity index (χ2v) is 5.43. The van der Waals surface area contributed by atoms with Gasteiger partial charge in [0.1, 0.15) is 0 Å². The van der Waals surface area contributed by atoms with Crippen LogP contribution in [0.4, 0.5) is 5.69 Å². The van der Waals surface area contributed by atoms with Gasteiger partial charge in [0.05, 0.1) is 12.6 Å². The molecular weight excluding hydrogens is 238 g/mol. The van der Waals surface area contributed by atoms with Crippen LogP contribution in [0.3, 0.4) is 0 Å². The van der Waals surface area contributed by atoms with Crippen LogP contribution in [0.25, 0.3) is 0 Å². The lowest BCUT2D eigenvalue weighted by Crippen LogP contribution is -2.38. The van der Waals surface area contributed by atoms with E-state index in [4.69, 9.17) is 5.73 Å². The number of aliphatic hydroxyl groups excluding tert-OH is 1. The maximum Gasteiger partial charge on any atom is 0.0635 e. The summed E-state index contributed by atoms with van der Waals surface area (Å²) in [6.45, 7) is 5.75. The molecule has 2 heterocycles. The van der Waals surface area contributed by atoms with Crippen molar-refractivity contribution in [3.63, 3.8) is 0 Å². The molecule has 1 fully saturated rings. The largest absolute Gasteiger partial charge is 0.394 e. The molecule has 0 aromatic carbocycles. The number of aliphatic hydroxyl groups is 1. The molecule has 4 nitrogen and oxygen atoms in total. The highest BCUT2D eigenvalue weighted by Gasteiger charge is 2.23. The minimum atomic E-state index is 0.213. The van der Waals surface area contributed by atoms with Crippen molar-refractivity contribution in [1.82, 2.24) is 4.98 Å². The molecule has 0 amide bonds. The predicted octanol–water partition coefficient (Wildman–Crippen LogP) is 1.90. The van der Waals surface area contributed by atoms with E-state index in [1.807, 2.05) is 13.8 Å². The third kappa shape index (κ3) is 3.07. The lowest BCUT2D eigenvalue weighted by molar-refractivity contribution is 0.255. The summed E-state index contributed by atoms with van der Waals surface area (Å²) >= 11 is 0. The van der Waals surface area contributed by atoms with Gasteiger partial charge in [-0.1, -0.05) is 12.8 Å². The van der Waals surface area contributed by atoms with E-state index in [2.05, 4.69) is 16.0 Å². The van der Waals surface area contributed by atoms with Crippen LogP contribution in [-0.2, 0) is 6.54 Å². The van der Waals surface area contributed by atoms with E-state index in [-0.39, 0.29) is 12.6 Å². The minimum Gasteiger partial charge on any atom is -0.394 e. The van der Waals surface area contributed by atoms with E-state index in [0.29, 0.717) is 6.54 Å². The second kappa shape index (κ2) is 6.35. The molecule has 4 heteroatoms. The van der Waals surface area contributed by atoms with Crippen LogP contribution in [0.15, 0.2) is 6.07 Å². The summed E-state index contributed by atoms with van der Waals surface area (Å²) in [6.07, 6.45) is 4.68. The number of hydrogen-bond donors (Lipinski definition) is 2. The SMILES string of the molecule is Cc1cc(N2CCCCCC2CO)c(CN)c(C)n1. The van der Waals surface area contributed by atoms with Gasteiger partial charge in [0.2, 0.25) is 0 Å². The molecule has 0 radical (unpaired) electrons. The molecule has 19 heavy (non-hydrogen) atoms. The number of aryl methyl sites for hydroxylation is 2. The third-order valence-corrected chi connectivity index (χ3v) is 4.04. The number of rotatable bonds is 3. The molecule has 0 aliphatic carbocycles. The number of nitrogens with two attached hydrogens (primary N) is 1. The summed E-state index contributed by atoms with van der Waals surface area (Å²) in [5.41, 5.74) is 10.2. The average molecular weight is 263 g/mol. The summed E-state index contributed by atoms with van der Waals surface area (Å²) in [5.74, 6) is 0. The Balaban J connectivity index is 2.42. The smallest absolute Gasteiger partial charge is 0.0635 e. The fourth-order valence-corrected chi connectivity index (χ4v) is 3.03. The van der Waals surface area contributed by atoms with Gasteiger partial charge in [-0.2, -0.15) is 0 Å². The summed E-state index contributed by atoms with van der Waals surface area (Å²) < 4.78 is 0. The molecule has 1 aromatic heterocycles. The minimum absolute atomic E-state index is 0.213. The Bertz CT molecular complexity index is 434. The van der Waals surface area contributed by atoms with Crippen molar-refractivity contribution in [2.75, 3.05) is 18.1 Å². The lowest BCUT2D eigenvalue weighted by atomic mass is 10.1. The molecule has 1 saturated heterocycles. The van der Waals surface area contributed by atoms with Crippen molar-refractivity contribution < 1.29 is 5.11 Å². The molecule has 3 N–H and O–H groups in total. The first-order valence-electron chi connectivity index (χ1n) is 7.22. The number of pyridine rings is 1. The first-order chi connectivity index (χ1) is 9.17.